The molecule has 0 aliphatic carbocycles. The first kappa shape index (κ1) is 17.3. The standard InChI is InChI=1S/C16H24F2N4O2/c1-2-24-10-13-7-16(17,18)11-22(13)14-8-21(9-14)15(23)3-5-20-6-4-19-12-20/h4,6,12-14H,2-3,5,7-11H2,1H3/t13-/m0/s1. The average Bonchev–Trinajstić information content (AvgIpc) is 3.09. The average molecular weight is 342 g/mol. The first-order valence-electron chi connectivity index (χ1n) is 8.43. The van der Waals surface area contributed by atoms with Crippen LogP contribution in [0.1, 0.15) is 19.8 Å². The maximum atomic E-state index is 13.7. The van der Waals surface area contributed by atoms with E-state index in [0.29, 0.717) is 39.3 Å². The fourth-order valence-corrected chi connectivity index (χ4v) is 3.43. The topological polar surface area (TPSA) is 50.6 Å². The SMILES string of the molecule is CCOC[C@@H]1CC(F)(F)CN1C1CN(C(=O)CCn2ccnc2)C1. The molecule has 3 heterocycles. The Labute approximate surface area is 140 Å². The zero-order valence-corrected chi connectivity index (χ0v) is 13.9. The summed E-state index contributed by atoms with van der Waals surface area (Å²) in [5.74, 6) is -2.60. The van der Waals surface area contributed by atoms with Crippen molar-refractivity contribution in [1.29, 1.82) is 0 Å². The predicted molar refractivity (Wildman–Crippen MR) is 83.8 cm³/mol. The van der Waals surface area contributed by atoms with Crippen LogP contribution < -0.4 is 0 Å². The first-order valence-corrected chi connectivity index (χ1v) is 8.43. The molecule has 0 saturated carbocycles. The highest BCUT2D eigenvalue weighted by atomic mass is 19.3. The lowest BCUT2D eigenvalue weighted by molar-refractivity contribution is -0.139. The van der Waals surface area contributed by atoms with E-state index in [1.807, 2.05) is 22.6 Å². The van der Waals surface area contributed by atoms with Gasteiger partial charge < -0.3 is 14.2 Å². The number of hydrogen-bond acceptors (Lipinski definition) is 4. The summed E-state index contributed by atoms with van der Waals surface area (Å²) in [5.41, 5.74) is 0. The molecule has 0 N–H and O–H groups in total. The Balaban J connectivity index is 1.46. The number of carbonyl (C=O) groups is 1. The largest absolute Gasteiger partial charge is 0.380 e. The van der Waals surface area contributed by atoms with Gasteiger partial charge in [0.15, 0.2) is 0 Å². The van der Waals surface area contributed by atoms with Gasteiger partial charge in [-0.15, -0.1) is 0 Å². The molecule has 2 aliphatic rings. The summed E-state index contributed by atoms with van der Waals surface area (Å²) in [5, 5.41) is 0. The van der Waals surface area contributed by atoms with Crippen molar-refractivity contribution in [3.63, 3.8) is 0 Å². The summed E-state index contributed by atoms with van der Waals surface area (Å²) in [4.78, 5) is 19.7. The summed E-state index contributed by atoms with van der Waals surface area (Å²) in [6.45, 7) is 4.14. The number of alkyl halides is 2. The highest BCUT2D eigenvalue weighted by molar-refractivity contribution is 5.77. The van der Waals surface area contributed by atoms with Gasteiger partial charge in [0.25, 0.3) is 5.92 Å². The number of carbonyl (C=O) groups excluding carboxylic acids is 1. The van der Waals surface area contributed by atoms with Crippen molar-refractivity contribution in [1.82, 2.24) is 19.4 Å². The lowest BCUT2D eigenvalue weighted by Gasteiger charge is -2.46. The van der Waals surface area contributed by atoms with Crippen LogP contribution >= 0.6 is 0 Å². The molecule has 2 aliphatic heterocycles. The number of halogens is 2. The quantitative estimate of drug-likeness (QED) is 0.748. The Morgan fingerprint density at radius 2 is 2.21 bits per heavy atom. The second kappa shape index (κ2) is 7.14. The zero-order chi connectivity index (χ0) is 17.2. The predicted octanol–water partition coefficient (Wildman–Crippen LogP) is 1.23. The molecule has 0 bridgehead atoms. The van der Waals surface area contributed by atoms with Gasteiger partial charge in [-0.2, -0.15) is 0 Å². The van der Waals surface area contributed by atoms with Crippen LogP contribution in [0.5, 0.6) is 0 Å². The van der Waals surface area contributed by atoms with Crippen molar-refractivity contribution in [2.45, 2.75) is 44.3 Å². The molecule has 0 radical (unpaired) electrons. The van der Waals surface area contributed by atoms with Gasteiger partial charge in [0.1, 0.15) is 0 Å². The Kier molecular flexibility index (Phi) is 5.15. The van der Waals surface area contributed by atoms with E-state index in [1.165, 1.54) is 0 Å². The van der Waals surface area contributed by atoms with E-state index in [0.717, 1.165) is 0 Å². The third-order valence-electron chi connectivity index (χ3n) is 4.76. The Morgan fingerprint density at radius 3 is 2.88 bits per heavy atom. The van der Waals surface area contributed by atoms with Crippen LogP contribution in [0.3, 0.4) is 0 Å². The van der Waals surface area contributed by atoms with Crippen molar-refractivity contribution < 1.29 is 18.3 Å². The van der Waals surface area contributed by atoms with E-state index in [4.69, 9.17) is 4.74 Å². The van der Waals surface area contributed by atoms with Gasteiger partial charge >= 0.3 is 0 Å². The molecule has 1 aromatic rings. The number of likely N-dealkylation sites (tertiary alicyclic amines) is 2. The number of ether oxygens (including phenoxy) is 1. The Bertz CT molecular complexity index is 546. The molecular weight excluding hydrogens is 318 g/mol. The van der Waals surface area contributed by atoms with Gasteiger partial charge in [-0.3, -0.25) is 9.69 Å². The van der Waals surface area contributed by atoms with Gasteiger partial charge in [-0.25, -0.2) is 13.8 Å². The molecule has 0 aromatic carbocycles. The van der Waals surface area contributed by atoms with Crippen molar-refractivity contribution >= 4 is 5.91 Å². The number of aromatic nitrogens is 2. The maximum absolute atomic E-state index is 13.7. The molecule has 24 heavy (non-hydrogen) atoms. The molecule has 2 fully saturated rings. The summed E-state index contributed by atoms with van der Waals surface area (Å²) >= 11 is 0. The van der Waals surface area contributed by atoms with E-state index < -0.39 is 5.92 Å². The normalized spacial score (nSPS) is 24.3. The van der Waals surface area contributed by atoms with Gasteiger partial charge in [0.05, 0.1) is 19.5 Å². The van der Waals surface area contributed by atoms with Crippen LogP contribution in [0.4, 0.5) is 8.78 Å². The number of hydrogen-bond donors (Lipinski definition) is 0. The monoisotopic (exact) mass is 342 g/mol. The molecule has 1 amide bonds. The number of rotatable bonds is 7. The van der Waals surface area contributed by atoms with Crippen LogP contribution in [0.2, 0.25) is 0 Å². The third kappa shape index (κ3) is 3.92. The summed E-state index contributed by atoms with van der Waals surface area (Å²) in [6, 6.07) is -0.242. The number of amides is 1. The van der Waals surface area contributed by atoms with E-state index in [2.05, 4.69) is 4.98 Å². The van der Waals surface area contributed by atoms with Gasteiger partial charge in [0.2, 0.25) is 5.91 Å². The van der Waals surface area contributed by atoms with Gasteiger partial charge in [-0.05, 0) is 6.92 Å². The van der Waals surface area contributed by atoms with E-state index in [9.17, 15) is 13.6 Å². The molecule has 134 valence electrons. The van der Waals surface area contributed by atoms with Crippen molar-refractivity contribution in [3.05, 3.63) is 18.7 Å². The summed E-state index contributed by atoms with van der Waals surface area (Å²) in [7, 11) is 0. The lowest BCUT2D eigenvalue weighted by Crippen LogP contribution is -2.62. The van der Waals surface area contributed by atoms with Crippen LogP contribution in [-0.4, -0.2) is 76.1 Å². The number of aryl methyl sites for hydroxylation is 1. The highest BCUT2D eigenvalue weighted by Crippen LogP contribution is 2.35. The Hall–Kier alpha value is -1.54. The molecular formula is C16H24F2N4O2. The molecule has 2 saturated heterocycles. The van der Waals surface area contributed by atoms with Crippen molar-refractivity contribution in [2.75, 3.05) is 32.8 Å². The maximum Gasteiger partial charge on any atom is 0.262 e. The second-order valence-electron chi connectivity index (χ2n) is 6.55. The molecule has 6 nitrogen and oxygen atoms in total. The fourth-order valence-electron chi connectivity index (χ4n) is 3.43. The number of imidazole rings is 1. The van der Waals surface area contributed by atoms with Crippen molar-refractivity contribution in [3.8, 4) is 0 Å². The van der Waals surface area contributed by atoms with Crippen LogP contribution in [0.15, 0.2) is 18.7 Å². The first-order chi connectivity index (χ1) is 11.5. The van der Waals surface area contributed by atoms with Crippen LogP contribution in [0, 0.1) is 0 Å². The molecule has 0 spiro atoms. The van der Waals surface area contributed by atoms with Crippen LogP contribution in [-0.2, 0) is 16.1 Å². The fraction of sp³-hybridized carbons (Fsp3) is 0.750. The lowest BCUT2D eigenvalue weighted by atomic mass is 10.1. The molecule has 1 aromatic heterocycles. The molecule has 0 unspecified atom stereocenters. The third-order valence-corrected chi connectivity index (χ3v) is 4.76. The smallest absolute Gasteiger partial charge is 0.262 e. The molecule has 1 atom stereocenters. The van der Waals surface area contributed by atoms with E-state index in [-0.39, 0.29) is 31.0 Å². The summed E-state index contributed by atoms with van der Waals surface area (Å²) in [6.07, 6.45) is 5.42. The van der Waals surface area contributed by atoms with Crippen molar-refractivity contribution in [2.24, 2.45) is 0 Å². The minimum absolute atomic E-state index is 0.0148. The molecule has 8 heteroatoms. The van der Waals surface area contributed by atoms with Gasteiger partial charge in [0, 0.05) is 63.6 Å². The van der Waals surface area contributed by atoms with E-state index >= 15 is 0 Å². The summed E-state index contributed by atoms with van der Waals surface area (Å²) < 4.78 is 34.7. The minimum atomic E-state index is -2.66. The van der Waals surface area contributed by atoms with E-state index in [1.54, 1.807) is 17.4 Å². The minimum Gasteiger partial charge on any atom is -0.380 e. The van der Waals surface area contributed by atoms with Gasteiger partial charge in [-0.1, -0.05) is 0 Å². The number of nitrogens with zero attached hydrogens (tertiary/aromatic N) is 4. The second-order valence-corrected chi connectivity index (χ2v) is 6.55. The zero-order valence-electron chi connectivity index (χ0n) is 13.9. The molecule has 3 rings (SSSR count). The highest BCUT2D eigenvalue weighted by Gasteiger charge is 2.50. The van der Waals surface area contributed by atoms with Crippen LogP contribution in [0.25, 0.3) is 0 Å². The Morgan fingerprint density at radius 1 is 1.42 bits per heavy atom.